The highest BCUT2D eigenvalue weighted by Crippen LogP contribution is 2.44. The molecule has 0 aromatic carbocycles. The van der Waals surface area contributed by atoms with E-state index in [4.69, 9.17) is 4.99 Å². The van der Waals surface area contributed by atoms with E-state index in [1.165, 1.54) is 6.07 Å². The molecule has 40 heavy (non-hydrogen) atoms. The van der Waals surface area contributed by atoms with Gasteiger partial charge in [0.05, 0.1) is 18.4 Å². The fourth-order valence-electron chi connectivity index (χ4n) is 5.37. The van der Waals surface area contributed by atoms with Crippen molar-refractivity contribution in [1.29, 1.82) is 0 Å². The fraction of sp³-hybridized carbons (Fsp3) is 0.433. The molecular weight excluding hydrogens is 510 g/mol. The normalized spacial score (nSPS) is 19.0. The Kier molecular flexibility index (Phi) is 7.04. The van der Waals surface area contributed by atoms with E-state index in [0.717, 1.165) is 73.5 Å². The van der Waals surface area contributed by atoms with Gasteiger partial charge in [-0.3, -0.25) is 15.0 Å². The van der Waals surface area contributed by atoms with Crippen molar-refractivity contribution in [1.82, 2.24) is 25.2 Å². The summed E-state index contributed by atoms with van der Waals surface area (Å²) < 4.78 is 29.2. The maximum atomic E-state index is 14.7. The van der Waals surface area contributed by atoms with Gasteiger partial charge < -0.3 is 15.5 Å². The highest BCUT2D eigenvalue weighted by molar-refractivity contribution is 6.04. The van der Waals surface area contributed by atoms with Gasteiger partial charge in [-0.25, -0.2) is 9.37 Å². The Morgan fingerprint density at radius 3 is 2.65 bits per heavy atom. The Balaban J connectivity index is 1.31. The van der Waals surface area contributed by atoms with Gasteiger partial charge >= 0.3 is 0 Å². The van der Waals surface area contributed by atoms with E-state index in [2.05, 4.69) is 56.0 Å². The highest BCUT2D eigenvalue weighted by atomic mass is 19.1. The minimum atomic E-state index is -0.633. The van der Waals surface area contributed by atoms with E-state index in [0.29, 0.717) is 23.8 Å². The molecule has 1 saturated heterocycles. The number of hydrogen-bond donors (Lipinski definition) is 2. The van der Waals surface area contributed by atoms with Crippen LogP contribution in [0.2, 0.25) is 0 Å². The average Bonchev–Trinajstić information content (AvgIpc) is 3.85. The first-order chi connectivity index (χ1) is 19.3. The smallest absolute Gasteiger partial charge is 0.218 e. The number of hydrogen-bond acceptors (Lipinski definition) is 7. The first-order valence-corrected chi connectivity index (χ1v) is 13.9. The van der Waals surface area contributed by atoms with Crippen LogP contribution in [0.15, 0.2) is 46.8 Å². The number of halogens is 2. The zero-order valence-corrected chi connectivity index (χ0v) is 22.9. The van der Waals surface area contributed by atoms with Crippen molar-refractivity contribution >= 4 is 29.9 Å². The summed E-state index contributed by atoms with van der Waals surface area (Å²) in [5.41, 5.74) is 4.02. The molecule has 2 saturated carbocycles. The molecule has 6 rings (SSSR count). The lowest BCUT2D eigenvalue weighted by atomic mass is 9.98. The second kappa shape index (κ2) is 10.6. The van der Waals surface area contributed by atoms with Crippen LogP contribution in [-0.2, 0) is 6.54 Å². The molecule has 1 aliphatic heterocycles. The second-order valence-corrected chi connectivity index (χ2v) is 11.6. The summed E-state index contributed by atoms with van der Waals surface area (Å²) in [6.07, 6.45) is 9.31. The number of amidine groups is 1. The van der Waals surface area contributed by atoms with Crippen LogP contribution in [0.1, 0.15) is 73.6 Å². The molecule has 2 N–H and O–H groups in total. The topological polar surface area (TPSA) is 90.7 Å². The van der Waals surface area contributed by atoms with E-state index in [-0.39, 0.29) is 17.3 Å². The standard InChI is InChI=1S/C30H34F2N8/c1-30(2)17-40(11-10-37-30)29(26-22(20-6-7-20)15-34-16-24(26)33-3)36-14-18-8-9-35-25(12-18)38-28-23(31)13-21(19-4-5-19)27(32)39-28/h8-9,12-13,15-16,19-20,37H,3-7,10-11,14,17H2,1-2H3,(H,35,38,39). The summed E-state index contributed by atoms with van der Waals surface area (Å²) in [6.45, 7) is 11.0. The summed E-state index contributed by atoms with van der Waals surface area (Å²) in [5, 5.41) is 6.42. The van der Waals surface area contributed by atoms with Crippen molar-refractivity contribution in [3.63, 3.8) is 0 Å². The SMILES string of the molecule is C=Nc1cncc(C2CC2)c1C(=NCc1ccnc(Nc2nc(F)c(C3CC3)cc2F)c1)N1CCNC(C)(C)C1. The van der Waals surface area contributed by atoms with Gasteiger partial charge in [0.1, 0.15) is 11.7 Å². The number of nitrogens with one attached hydrogen (secondary N) is 2. The minimum absolute atomic E-state index is 0.0726. The molecule has 8 nitrogen and oxygen atoms in total. The molecule has 0 amide bonds. The number of rotatable bonds is 8. The lowest BCUT2D eigenvalue weighted by molar-refractivity contribution is 0.225. The summed E-state index contributed by atoms with van der Waals surface area (Å²) in [4.78, 5) is 24.4. The van der Waals surface area contributed by atoms with Crippen molar-refractivity contribution in [3.8, 4) is 0 Å². The molecule has 10 heteroatoms. The third kappa shape index (κ3) is 5.72. The zero-order chi connectivity index (χ0) is 27.9. The van der Waals surface area contributed by atoms with Crippen LogP contribution in [0, 0.1) is 11.8 Å². The number of pyridine rings is 3. The Morgan fingerprint density at radius 1 is 1.15 bits per heavy atom. The molecule has 0 radical (unpaired) electrons. The maximum Gasteiger partial charge on any atom is 0.218 e. The van der Waals surface area contributed by atoms with E-state index in [1.807, 2.05) is 12.3 Å². The van der Waals surface area contributed by atoms with Gasteiger partial charge in [-0.05, 0) is 87.4 Å². The number of aromatic nitrogens is 3. The molecule has 3 aromatic rings. The third-order valence-electron chi connectivity index (χ3n) is 7.69. The average molecular weight is 545 g/mol. The maximum absolute atomic E-state index is 14.7. The van der Waals surface area contributed by atoms with Crippen LogP contribution < -0.4 is 10.6 Å². The minimum Gasteiger partial charge on any atom is -0.353 e. The Labute approximate surface area is 233 Å². The highest BCUT2D eigenvalue weighted by Gasteiger charge is 2.34. The second-order valence-electron chi connectivity index (χ2n) is 11.6. The molecule has 0 atom stereocenters. The van der Waals surface area contributed by atoms with Gasteiger partial charge in [0.25, 0.3) is 0 Å². The van der Waals surface area contributed by atoms with Gasteiger partial charge in [0.15, 0.2) is 11.6 Å². The molecule has 3 aromatic heterocycles. The van der Waals surface area contributed by atoms with Crippen molar-refractivity contribution in [2.24, 2.45) is 9.98 Å². The van der Waals surface area contributed by atoms with Crippen molar-refractivity contribution in [2.75, 3.05) is 25.0 Å². The van der Waals surface area contributed by atoms with Crippen molar-refractivity contribution in [3.05, 3.63) is 70.8 Å². The number of anilines is 2. The number of nitrogens with zero attached hydrogens (tertiary/aromatic N) is 6. The summed E-state index contributed by atoms with van der Waals surface area (Å²) >= 11 is 0. The Morgan fingerprint density at radius 2 is 1.93 bits per heavy atom. The van der Waals surface area contributed by atoms with Crippen LogP contribution in [0.25, 0.3) is 0 Å². The van der Waals surface area contributed by atoms with Crippen LogP contribution in [0.3, 0.4) is 0 Å². The fourth-order valence-corrected chi connectivity index (χ4v) is 5.37. The van der Waals surface area contributed by atoms with Gasteiger partial charge in [0.2, 0.25) is 5.95 Å². The predicted octanol–water partition coefficient (Wildman–Crippen LogP) is 5.61. The third-order valence-corrected chi connectivity index (χ3v) is 7.69. The molecule has 0 bridgehead atoms. The largest absolute Gasteiger partial charge is 0.353 e. The van der Waals surface area contributed by atoms with Gasteiger partial charge in [-0.15, -0.1) is 0 Å². The lowest BCUT2D eigenvalue weighted by Crippen LogP contribution is -2.58. The first-order valence-electron chi connectivity index (χ1n) is 13.9. The van der Waals surface area contributed by atoms with Gasteiger partial charge in [0, 0.05) is 48.7 Å². The summed E-state index contributed by atoms with van der Waals surface area (Å²) in [6, 6.07) is 4.91. The predicted molar refractivity (Wildman–Crippen MR) is 153 cm³/mol. The van der Waals surface area contributed by atoms with Crippen LogP contribution in [0.4, 0.5) is 26.1 Å². The molecule has 0 unspecified atom stereocenters. The van der Waals surface area contributed by atoms with E-state index in [1.54, 1.807) is 18.5 Å². The van der Waals surface area contributed by atoms with E-state index >= 15 is 0 Å². The summed E-state index contributed by atoms with van der Waals surface area (Å²) in [7, 11) is 0. The molecule has 2 aliphatic carbocycles. The molecule has 0 spiro atoms. The lowest BCUT2D eigenvalue weighted by Gasteiger charge is -2.41. The van der Waals surface area contributed by atoms with Crippen molar-refractivity contribution in [2.45, 2.75) is 63.5 Å². The quantitative estimate of drug-likeness (QED) is 0.218. The molecular formula is C30H34F2N8. The Hall–Kier alpha value is -3.79. The first kappa shape index (κ1) is 26.4. The van der Waals surface area contributed by atoms with Gasteiger partial charge in [-0.1, -0.05) is 0 Å². The van der Waals surface area contributed by atoms with Crippen molar-refractivity contribution < 1.29 is 8.78 Å². The monoisotopic (exact) mass is 544 g/mol. The van der Waals surface area contributed by atoms with Gasteiger partial charge in [-0.2, -0.15) is 9.37 Å². The number of aliphatic imine (C=N–C) groups is 2. The van der Waals surface area contributed by atoms with Crippen LogP contribution in [-0.4, -0.2) is 57.6 Å². The summed E-state index contributed by atoms with van der Waals surface area (Å²) in [5.74, 6) is 0.376. The molecule has 3 fully saturated rings. The molecule has 4 heterocycles. The van der Waals surface area contributed by atoms with E-state index < -0.39 is 11.8 Å². The number of piperazine rings is 1. The molecule has 3 aliphatic rings. The van der Waals surface area contributed by atoms with E-state index in [9.17, 15) is 8.78 Å². The van der Waals surface area contributed by atoms with Crippen LogP contribution in [0.5, 0.6) is 0 Å². The van der Waals surface area contributed by atoms with Crippen LogP contribution >= 0.6 is 0 Å². The molecule has 208 valence electrons. The Bertz CT molecular complexity index is 1460. The zero-order valence-electron chi connectivity index (χ0n) is 22.9.